The van der Waals surface area contributed by atoms with Crippen molar-refractivity contribution in [1.29, 1.82) is 0 Å². The van der Waals surface area contributed by atoms with E-state index in [2.05, 4.69) is 56.9 Å². The summed E-state index contributed by atoms with van der Waals surface area (Å²) in [5.74, 6) is 0.607. The molecular formula is C31H32N6O. The molecule has 7 heteroatoms. The fraction of sp³-hybridized carbons (Fsp3) is 0.161. The molecule has 0 aliphatic heterocycles. The molecule has 0 fully saturated rings. The highest BCUT2D eigenvalue weighted by Gasteiger charge is 2.11. The summed E-state index contributed by atoms with van der Waals surface area (Å²) in [6.07, 6.45) is 0. The molecule has 1 amide bonds. The number of aromatic amines is 1. The van der Waals surface area contributed by atoms with Crippen LogP contribution >= 0.6 is 0 Å². The highest BCUT2D eigenvalue weighted by molar-refractivity contribution is 6.06. The van der Waals surface area contributed by atoms with Crippen molar-refractivity contribution in [3.05, 3.63) is 102 Å². The third-order valence-electron chi connectivity index (χ3n) is 6.49. The lowest BCUT2D eigenvalue weighted by atomic mass is 10.1. The largest absolute Gasteiger partial charge is 0.381 e. The van der Waals surface area contributed by atoms with Crippen molar-refractivity contribution in [1.82, 2.24) is 9.97 Å². The molecule has 38 heavy (non-hydrogen) atoms. The van der Waals surface area contributed by atoms with Gasteiger partial charge >= 0.3 is 0 Å². The Morgan fingerprint density at radius 3 is 2.00 bits per heavy atom. The van der Waals surface area contributed by atoms with Crippen LogP contribution in [0.2, 0.25) is 0 Å². The van der Waals surface area contributed by atoms with Crippen LogP contribution in [0.25, 0.3) is 22.4 Å². The van der Waals surface area contributed by atoms with Gasteiger partial charge in [-0.05, 0) is 84.4 Å². The Bertz CT molecular complexity index is 1530. The maximum atomic E-state index is 12.8. The minimum atomic E-state index is -0.160. The molecule has 0 unspecified atom stereocenters. The molecular weight excluding hydrogens is 472 g/mol. The zero-order valence-electron chi connectivity index (χ0n) is 22.1. The molecule has 7 nitrogen and oxygen atoms in total. The molecule has 0 saturated carbocycles. The topological polar surface area (TPSA) is 76.3 Å². The minimum Gasteiger partial charge on any atom is -0.381 e. The Kier molecular flexibility index (Phi) is 7.00. The number of carbonyl (C=O) groups excluding carboxylic acids is 1. The van der Waals surface area contributed by atoms with Gasteiger partial charge in [-0.1, -0.05) is 12.1 Å². The number of nitrogens with one attached hydrogen (secondary N) is 3. The highest BCUT2D eigenvalue weighted by atomic mass is 16.1. The molecule has 4 aromatic carbocycles. The Hall–Kier alpha value is -4.78. The van der Waals surface area contributed by atoms with Crippen molar-refractivity contribution < 1.29 is 4.79 Å². The number of carbonyl (C=O) groups is 1. The van der Waals surface area contributed by atoms with Gasteiger partial charge in [0.25, 0.3) is 5.91 Å². The van der Waals surface area contributed by atoms with Gasteiger partial charge in [-0.2, -0.15) is 0 Å². The first-order valence-corrected chi connectivity index (χ1v) is 12.5. The second kappa shape index (κ2) is 10.7. The SMILES string of the molecule is CN(C)c1ccc(CNc2ccc(-c3nc4ccc(C(=O)Nc5ccc(N(C)C)cc5)cc4[nH]3)cc2)cc1. The van der Waals surface area contributed by atoms with E-state index >= 15 is 0 Å². The normalized spacial score (nSPS) is 10.8. The van der Waals surface area contributed by atoms with Crippen molar-refractivity contribution in [2.24, 2.45) is 0 Å². The van der Waals surface area contributed by atoms with Gasteiger partial charge in [0, 0.05) is 68.6 Å². The van der Waals surface area contributed by atoms with E-state index in [0.29, 0.717) is 5.56 Å². The summed E-state index contributed by atoms with van der Waals surface area (Å²) in [5, 5.41) is 6.44. The molecule has 0 radical (unpaired) electrons. The van der Waals surface area contributed by atoms with Gasteiger partial charge in [-0.15, -0.1) is 0 Å². The van der Waals surface area contributed by atoms with E-state index in [0.717, 1.165) is 46.0 Å². The lowest BCUT2D eigenvalue weighted by molar-refractivity contribution is 0.102. The van der Waals surface area contributed by atoms with Crippen LogP contribution < -0.4 is 20.4 Å². The number of hydrogen-bond acceptors (Lipinski definition) is 5. The number of aromatic nitrogens is 2. The van der Waals surface area contributed by atoms with E-state index < -0.39 is 0 Å². The van der Waals surface area contributed by atoms with E-state index in [4.69, 9.17) is 4.98 Å². The van der Waals surface area contributed by atoms with Crippen molar-refractivity contribution in [2.75, 3.05) is 48.6 Å². The molecule has 5 rings (SSSR count). The molecule has 1 heterocycles. The third-order valence-corrected chi connectivity index (χ3v) is 6.49. The van der Waals surface area contributed by atoms with Gasteiger partial charge in [0.05, 0.1) is 11.0 Å². The van der Waals surface area contributed by atoms with E-state index in [1.165, 1.54) is 11.3 Å². The number of benzene rings is 4. The van der Waals surface area contributed by atoms with Crippen LogP contribution in [-0.2, 0) is 6.54 Å². The van der Waals surface area contributed by atoms with Crippen LogP contribution in [0.3, 0.4) is 0 Å². The average molecular weight is 505 g/mol. The maximum Gasteiger partial charge on any atom is 0.255 e. The maximum absolute atomic E-state index is 12.8. The van der Waals surface area contributed by atoms with Gasteiger partial charge in [0.15, 0.2) is 0 Å². The first kappa shape index (κ1) is 24.9. The van der Waals surface area contributed by atoms with Gasteiger partial charge in [-0.25, -0.2) is 4.98 Å². The Morgan fingerprint density at radius 2 is 1.37 bits per heavy atom. The highest BCUT2D eigenvalue weighted by Crippen LogP contribution is 2.24. The number of amides is 1. The summed E-state index contributed by atoms with van der Waals surface area (Å²) in [6.45, 7) is 0.752. The molecule has 1 aromatic heterocycles. The van der Waals surface area contributed by atoms with E-state index in [1.54, 1.807) is 6.07 Å². The van der Waals surface area contributed by atoms with Crippen LogP contribution in [0.4, 0.5) is 22.7 Å². The van der Waals surface area contributed by atoms with Crippen molar-refractivity contribution in [3.8, 4) is 11.4 Å². The molecule has 3 N–H and O–H groups in total. The predicted molar refractivity (Wildman–Crippen MR) is 158 cm³/mol. The summed E-state index contributed by atoms with van der Waals surface area (Å²) in [5.41, 5.74) is 8.47. The summed E-state index contributed by atoms with van der Waals surface area (Å²) in [4.78, 5) is 25.0. The fourth-order valence-corrected chi connectivity index (χ4v) is 4.20. The Morgan fingerprint density at radius 1 is 0.763 bits per heavy atom. The number of hydrogen-bond donors (Lipinski definition) is 3. The molecule has 0 spiro atoms. The van der Waals surface area contributed by atoms with Gasteiger partial charge < -0.3 is 25.4 Å². The number of anilines is 4. The zero-order valence-corrected chi connectivity index (χ0v) is 22.1. The third kappa shape index (κ3) is 5.62. The van der Waals surface area contributed by atoms with Crippen LogP contribution in [0.1, 0.15) is 15.9 Å². The molecule has 0 atom stereocenters. The Labute approximate surface area is 223 Å². The summed E-state index contributed by atoms with van der Waals surface area (Å²) in [7, 11) is 8.05. The number of H-pyrrole nitrogens is 1. The monoisotopic (exact) mass is 504 g/mol. The fourth-order valence-electron chi connectivity index (χ4n) is 4.20. The van der Waals surface area contributed by atoms with E-state index in [-0.39, 0.29) is 5.91 Å². The van der Waals surface area contributed by atoms with Gasteiger partial charge in [0.1, 0.15) is 5.82 Å². The number of fused-ring (bicyclic) bond motifs is 1. The molecule has 5 aromatic rings. The van der Waals surface area contributed by atoms with Crippen molar-refractivity contribution >= 4 is 39.7 Å². The Balaban J connectivity index is 1.24. The molecule has 0 aliphatic carbocycles. The van der Waals surface area contributed by atoms with Gasteiger partial charge in [-0.3, -0.25) is 4.79 Å². The lowest BCUT2D eigenvalue weighted by Crippen LogP contribution is -2.12. The summed E-state index contributed by atoms with van der Waals surface area (Å²) in [6, 6.07) is 30.0. The first-order valence-electron chi connectivity index (χ1n) is 12.5. The smallest absolute Gasteiger partial charge is 0.255 e. The standard InChI is InChI=1S/C31H32N6O/c1-36(2)26-14-5-21(6-15-26)20-32-24-10-7-22(8-11-24)30-34-28-18-9-23(19-29(28)35-30)31(38)33-25-12-16-27(17-13-25)37(3)4/h5-19,32H,20H2,1-4H3,(H,33,38)(H,34,35). The van der Waals surface area contributed by atoms with Crippen LogP contribution in [0.5, 0.6) is 0 Å². The zero-order chi connectivity index (χ0) is 26.6. The minimum absolute atomic E-state index is 0.160. The first-order chi connectivity index (χ1) is 18.4. The predicted octanol–water partition coefficient (Wildman–Crippen LogP) is 6.23. The summed E-state index contributed by atoms with van der Waals surface area (Å²) >= 11 is 0. The quantitative estimate of drug-likeness (QED) is 0.234. The summed E-state index contributed by atoms with van der Waals surface area (Å²) < 4.78 is 0. The number of rotatable bonds is 8. The van der Waals surface area contributed by atoms with E-state index in [1.807, 2.05) is 81.6 Å². The second-order valence-electron chi connectivity index (χ2n) is 9.70. The van der Waals surface area contributed by atoms with E-state index in [9.17, 15) is 4.79 Å². The van der Waals surface area contributed by atoms with Crippen LogP contribution in [0, 0.1) is 0 Å². The van der Waals surface area contributed by atoms with Crippen molar-refractivity contribution in [3.63, 3.8) is 0 Å². The lowest BCUT2D eigenvalue weighted by Gasteiger charge is -2.13. The second-order valence-corrected chi connectivity index (χ2v) is 9.70. The average Bonchev–Trinajstić information content (AvgIpc) is 3.36. The van der Waals surface area contributed by atoms with Crippen LogP contribution in [-0.4, -0.2) is 44.1 Å². The molecule has 192 valence electrons. The molecule has 0 saturated heterocycles. The number of imidazole rings is 1. The van der Waals surface area contributed by atoms with Crippen molar-refractivity contribution in [2.45, 2.75) is 6.54 Å². The number of nitrogens with zero attached hydrogens (tertiary/aromatic N) is 3. The molecule has 0 bridgehead atoms. The van der Waals surface area contributed by atoms with Gasteiger partial charge in [0.2, 0.25) is 0 Å². The molecule has 0 aliphatic rings. The van der Waals surface area contributed by atoms with Crippen LogP contribution in [0.15, 0.2) is 91.0 Å².